The Bertz CT molecular complexity index is 1830. The number of ether oxygens (including phenoxy) is 3. The summed E-state index contributed by atoms with van der Waals surface area (Å²) in [5.74, 6) is 0.203. The zero-order valence-electron chi connectivity index (χ0n) is 27.1. The van der Waals surface area contributed by atoms with E-state index >= 15 is 0 Å². The molecule has 2 heterocycles. The fourth-order valence-electron chi connectivity index (χ4n) is 10.2. The second-order valence-corrected chi connectivity index (χ2v) is 15.5. The molecule has 9 heteroatoms. The highest BCUT2D eigenvalue weighted by molar-refractivity contribution is 7.13. The van der Waals surface area contributed by atoms with E-state index in [2.05, 4.69) is 13.8 Å². The van der Waals surface area contributed by atoms with Crippen molar-refractivity contribution in [3.05, 3.63) is 94.9 Å². The fraction of sp³-hybridized carbons (Fsp3) is 0.436. The van der Waals surface area contributed by atoms with Crippen molar-refractivity contribution in [2.24, 2.45) is 28.6 Å². The van der Waals surface area contributed by atoms with Gasteiger partial charge in [0.05, 0.1) is 12.2 Å². The molecule has 250 valence electrons. The van der Waals surface area contributed by atoms with E-state index in [1.165, 1.54) is 0 Å². The number of rotatable bonds is 7. The summed E-state index contributed by atoms with van der Waals surface area (Å²) in [5, 5.41) is 24.4. The number of hydrogen-bond acceptors (Lipinski definition) is 9. The zero-order chi connectivity index (χ0) is 33.4. The van der Waals surface area contributed by atoms with Crippen LogP contribution in [0.1, 0.15) is 56.9 Å². The molecule has 3 aromatic rings. The van der Waals surface area contributed by atoms with E-state index < -0.39 is 47.3 Å². The van der Waals surface area contributed by atoms with E-state index in [4.69, 9.17) is 19.9 Å². The van der Waals surface area contributed by atoms with E-state index in [1.54, 1.807) is 23.5 Å². The molecule has 9 atom stereocenters. The van der Waals surface area contributed by atoms with Crippen LogP contribution in [0.2, 0.25) is 0 Å². The molecule has 48 heavy (non-hydrogen) atoms. The average molecular weight is 668 g/mol. The van der Waals surface area contributed by atoms with Gasteiger partial charge in [-0.25, -0.2) is 0 Å². The number of benzene rings is 2. The maximum Gasteiger partial charge on any atom is 0.193 e. The lowest BCUT2D eigenvalue weighted by Crippen LogP contribution is -2.63. The van der Waals surface area contributed by atoms with Crippen LogP contribution in [0.3, 0.4) is 0 Å². The maximum absolute atomic E-state index is 14.1. The Morgan fingerprint density at radius 1 is 1.15 bits per heavy atom. The molecule has 5 aliphatic rings. The number of nitrogen functional groups attached to an aromatic ring is 1. The van der Waals surface area contributed by atoms with Gasteiger partial charge in [0.2, 0.25) is 0 Å². The van der Waals surface area contributed by atoms with Crippen molar-refractivity contribution >= 4 is 28.6 Å². The van der Waals surface area contributed by atoms with Gasteiger partial charge in [0, 0.05) is 38.4 Å². The first-order chi connectivity index (χ1) is 23.1. The summed E-state index contributed by atoms with van der Waals surface area (Å²) in [5.41, 5.74) is 7.66. The van der Waals surface area contributed by atoms with Crippen molar-refractivity contribution in [1.82, 2.24) is 0 Å². The number of nitrogens with two attached hydrogens (primary N) is 1. The second-order valence-electron chi connectivity index (χ2n) is 14.6. The van der Waals surface area contributed by atoms with Gasteiger partial charge in [-0.05, 0) is 97.0 Å². The van der Waals surface area contributed by atoms with Crippen LogP contribution in [0.4, 0.5) is 5.69 Å². The van der Waals surface area contributed by atoms with E-state index in [9.17, 15) is 19.8 Å². The zero-order valence-corrected chi connectivity index (χ0v) is 28.0. The van der Waals surface area contributed by atoms with Gasteiger partial charge in [0.25, 0.3) is 0 Å². The van der Waals surface area contributed by atoms with Crippen LogP contribution in [0, 0.1) is 28.6 Å². The van der Waals surface area contributed by atoms with E-state index in [0.29, 0.717) is 30.9 Å². The number of Topliss-reactive ketones (excluding diaryl/α,β-unsaturated/α-hetero) is 1. The topological polar surface area (TPSA) is 128 Å². The second kappa shape index (κ2) is 11.5. The van der Waals surface area contributed by atoms with E-state index in [1.807, 2.05) is 66.1 Å². The van der Waals surface area contributed by atoms with Crippen LogP contribution in [-0.4, -0.2) is 46.2 Å². The van der Waals surface area contributed by atoms with Crippen LogP contribution in [-0.2, 0) is 25.7 Å². The Morgan fingerprint density at radius 3 is 2.77 bits per heavy atom. The van der Waals surface area contributed by atoms with Gasteiger partial charge >= 0.3 is 0 Å². The number of allylic oxidation sites excluding steroid dienone is 4. The van der Waals surface area contributed by atoms with Crippen molar-refractivity contribution < 1.29 is 34.0 Å². The maximum atomic E-state index is 14.1. The highest BCUT2D eigenvalue weighted by Crippen LogP contribution is 2.70. The van der Waals surface area contributed by atoms with Crippen LogP contribution < -0.4 is 10.5 Å². The van der Waals surface area contributed by atoms with Crippen LogP contribution in [0.25, 0.3) is 10.4 Å². The highest BCUT2D eigenvalue weighted by atomic mass is 32.1. The number of ketones is 2. The number of aliphatic hydroxyl groups is 2. The van der Waals surface area contributed by atoms with Crippen molar-refractivity contribution in [3.8, 4) is 16.2 Å². The van der Waals surface area contributed by atoms with Gasteiger partial charge in [0.15, 0.2) is 23.5 Å². The molecule has 3 saturated carbocycles. The third-order valence-electron chi connectivity index (χ3n) is 12.2. The molecule has 0 amide bonds. The van der Waals surface area contributed by atoms with Gasteiger partial charge in [0.1, 0.15) is 19.0 Å². The Kier molecular flexibility index (Phi) is 7.58. The van der Waals surface area contributed by atoms with Gasteiger partial charge < -0.3 is 30.2 Å². The number of aliphatic hydroxyl groups excluding tert-OH is 2. The monoisotopic (exact) mass is 667 g/mol. The van der Waals surface area contributed by atoms with E-state index in [0.717, 1.165) is 40.0 Å². The van der Waals surface area contributed by atoms with Crippen molar-refractivity contribution in [3.63, 3.8) is 0 Å². The largest absolute Gasteiger partial charge is 0.489 e. The SMILES string of the molecule is C[C@]12C=CC(=O)C=C1CC[C@@H]1[C@@H]2[C@@H](O)C[C@@]2(C)[C@H]1C[C@H]1O[C@H](c3cc(OCc4cccc(N)c4)ccc3-c3cccs3)O[C@]12C(=O)CO. The van der Waals surface area contributed by atoms with Crippen LogP contribution >= 0.6 is 11.3 Å². The molecule has 4 N–H and O–H groups in total. The minimum atomic E-state index is -1.44. The molecule has 8 nitrogen and oxygen atoms in total. The molecular weight excluding hydrogens is 626 g/mol. The summed E-state index contributed by atoms with van der Waals surface area (Å²) < 4.78 is 20.0. The Hall–Kier alpha value is -3.60. The number of thiophene rings is 1. The lowest BCUT2D eigenvalue weighted by atomic mass is 9.46. The summed E-state index contributed by atoms with van der Waals surface area (Å²) in [6.07, 6.45) is 5.57. The third kappa shape index (κ3) is 4.62. The first-order valence-corrected chi connectivity index (χ1v) is 17.7. The first-order valence-electron chi connectivity index (χ1n) is 16.8. The summed E-state index contributed by atoms with van der Waals surface area (Å²) in [6.45, 7) is 3.82. The predicted molar refractivity (Wildman–Crippen MR) is 182 cm³/mol. The molecule has 4 aliphatic carbocycles. The molecule has 1 saturated heterocycles. The first kappa shape index (κ1) is 31.7. The Labute approximate surface area is 284 Å². The molecule has 0 unspecified atom stereocenters. The molecule has 8 rings (SSSR count). The van der Waals surface area contributed by atoms with Crippen molar-refractivity contribution in [1.29, 1.82) is 0 Å². The minimum Gasteiger partial charge on any atom is -0.489 e. The number of fused-ring (bicyclic) bond motifs is 7. The molecular formula is C39H41NO7S. The highest BCUT2D eigenvalue weighted by Gasteiger charge is 2.76. The quantitative estimate of drug-likeness (QED) is 0.255. The molecule has 0 spiro atoms. The summed E-state index contributed by atoms with van der Waals surface area (Å²) >= 11 is 1.60. The third-order valence-corrected chi connectivity index (χ3v) is 13.1. The number of carbonyl (C=O) groups excluding carboxylic acids is 2. The minimum absolute atomic E-state index is 0.00653. The van der Waals surface area contributed by atoms with Gasteiger partial charge in [-0.2, -0.15) is 0 Å². The summed E-state index contributed by atoms with van der Waals surface area (Å²) in [6, 6.07) is 17.4. The molecule has 0 radical (unpaired) electrons. The molecule has 0 bridgehead atoms. The molecule has 4 fully saturated rings. The Morgan fingerprint density at radius 2 is 2.00 bits per heavy atom. The lowest BCUT2D eigenvalue weighted by molar-refractivity contribution is -0.201. The van der Waals surface area contributed by atoms with E-state index in [-0.39, 0.29) is 23.5 Å². The van der Waals surface area contributed by atoms with Crippen LogP contribution in [0.5, 0.6) is 5.75 Å². The lowest BCUT2D eigenvalue weighted by Gasteiger charge is -2.59. The molecule has 2 aromatic carbocycles. The number of anilines is 1. The Balaban J connectivity index is 1.15. The summed E-state index contributed by atoms with van der Waals surface area (Å²) in [4.78, 5) is 27.4. The fourth-order valence-corrected chi connectivity index (χ4v) is 10.9. The van der Waals surface area contributed by atoms with Crippen LogP contribution in [0.15, 0.2) is 83.8 Å². The molecule has 1 aromatic heterocycles. The predicted octanol–water partition coefficient (Wildman–Crippen LogP) is 6.18. The average Bonchev–Trinajstić information content (AvgIpc) is 3.79. The van der Waals surface area contributed by atoms with Crippen molar-refractivity contribution in [2.75, 3.05) is 12.3 Å². The number of carbonyl (C=O) groups is 2. The number of hydrogen-bond donors (Lipinski definition) is 3. The molecule has 1 aliphatic heterocycles. The van der Waals surface area contributed by atoms with Gasteiger partial charge in [-0.1, -0.05) is 43.7 Å². The van der Waals surface area contributed by atoms with Crippen molar-refractivity contribution in [2.45, 2.75) is 70.2 Å². The standard InChI is InChI=1S/C39H41NO7S/c1-37-13-12-25(42)16-23(37)8-10-28-30-18-34-39(33(44)20-41,38(30,2)19-31(43)35(28)37)47-36(46-34)29-17-26(9-11-27(29)32-7-4-14-48-32)45-21-22-5-3-6-24(40)15-22/h3-7,9,11-17,28,30-31,34-36,41,43H,8,10,18-21,40H2,1-2H3/t28-,30-,31-,34+,35+,36-,37-,38-,39+/m0/s1. The normalized spacial score (nSPS) is 36.5. The smallest absolute Gasteiger partial charge is 0.193 e. The summed E-state index contributed by atoms with van der Waals surface area (Å²) in [7, 11) is 0. The van der Waals surface area contributed by atoms with Gasteiger partial charge in [-0.15, -0.1) is 11.3 Å². The van der Waals surface area contributed by atoms with Gasteiger partial charge in [-0.3, -0.25) is 9.59 Å².